The van der Waals surface area contributed by atoms with Crippen LogP contribution in [0.15, 0.2) is 24.5 Å². The molecular weight excluding hydrogens is 200 g/mol. The van der Waals surface area contributed by atoms with Crippen LogP contribution in [0.25, 0.3) is 0 Å². The fraction of sp³-hybridized carbons (Fsp3) is 0.714. The van der Waals surface area contributed by atoms with Gasteiger partial charge in [-0.15, -0.1) is 0 Å². The molecule has 1 rings (SSSR count). The first kappa shape index (κ1) is 13.3. The van der Waals surface area contributed by atoms with E-state index in [0.717, 1.165) is 19.3 Å². The summed E-state index contributed by atoms with van der Waals surface area (Å²) in [6.07, 6.45) is 7.62. The first-order valence-corrected chi connectivity index (χ1v) is 6.27. The standard InChI is InChI=1S/C14H24O2/c1-4-14(16)13-7-5-10(2)12(9-13)8-6-11(3)15/h5,7,10,12-16H,3-4,6,8-9H2,1-2H3. The quantitative estimate of drug-likeness (QED) is 0.555. The zero-order valence-electron chi connectivity index (χ0n) is 10.4. The van der Waals surface area contributed by atoms with Gasteiger partial charge in [-0.2, -0.15) is 0 Å². The number of hydrogen-bond acceptors (Lipinski definition) is 2. The van der Waals surface area contributed by atoms with Gasteiger partial charge in [0.2, 0.25) is 0 Å². The van der Waals surface area contributed by atoms with Crippen molar-refractivity contribution < 1.29 is 10.2 Å². The molecule has 0 fully saturated rings. The molecule has 0 aromatic rings. The smallest absolute Gasteiger partial charge is 0.0851 e. The van der Waals surface area contributed by atoms with Gasteiger partial charge in [-0.05, 0) is 31.1 Å². The zero-order chi connectivity index (χ0) is 12.1. The van der Waals surface area contributed by atoms with Gasteiger partial charge in [0.05, 0.1) is 11.9 Å². The van der Waals surface area contributed by atoms with Gasteiger partial charge in [0.15, 0.2) is 0 Å². The Morgan fingerprint density at radius 3 is 2.75 bits per heavy atom. The predicted molar refractivity (Wildman–Crippen MR) is 67.2 cm³/mol. The van der Waals surface area contributed by atoms with Crippen molar-refractivity contribution in [1.29, 1.82) is 0 Å². The minimum atomic E-state index is -0.219. The number of rotatable bonds is 5. The van der Waals surface area contributed by atoms with Crippen LogP contribution in [0.3, 0.4) is 0 Å². The van der Waals surface area contributed by atoms with Gasteiger partial charge in [-0.1, -0.05) is 32.6 Å². The summed E-state index contributed by atoms with van der Waals surface area (Å²) in [4.78, 5) is 0. The highest BCUT2D eigenvalue weighted by Gasteiger charge is 2.26. The zero-order valence-corrected chi connectivity index (χ0v) is 10.4. The van der Waals surface area contributed by atoms with Gasteiger partial charge < -0.3 is 10.2 Å². The van der Waals surface area contributed by atoms with Gasteiger partial charge in [-0.25, -0.2) is 0 Å². The molecule has 0 radical (unpaired) electrons. The highest BCUT2D eigenvalue weighted by atomic mass is 16.3. The van der Waals surface area contributed by atoms with Crippen LogP contribution in [-0.4, -0.2) is 16.3 Å². The molecule has 4 unspecified atom stereocenters. The maximum Gasteiger partial charge on any atom is 0.0851 e. The lowest BCUT2D eigenvalue weighted by Gasteiger charge is -2.32. The third kappa shape index (κ3) is 3.67. The van der Waals surface area contributed by atoms with E-state index in [9.17, 15) is 5.11 Å². The van der Waals surface area contributed by atoms with Crippen LogP contribution >= 0.6 is 0 Å². The van der Waals surface area contributed by atoms with Crippen molar-refractivity contribution in [3.8, 4) is 0 Å². The summed E-state index contributed by atoms with van der Waals surface area (Å²) in [6, 6.07) is 0. The molecule has 0 saturated carbocycles. The Morgan fingerprint density at radius 1 is 1.50 bits per heavy atom. The van der Waals surface area contributed by atoms with Gasteiger partial charge in [-0.3, -0.25) is 0 Å². The first-order chi connectivity index (χ1) is 7.54. The maximum atomic E-state index is 9.85. The molecule has 0 heterocycles. The van der Waals surface area contributed by atoms with Crippen LogP contribution in [0.4, 0.5) is 0 Å². The van der Waals surface area contributed by atoms with E-state index >= 15 is 0 Å². The van der Waals surface area contributed by atoms with Crippen LogP contribution in [0, 0.1) is 17.8 Å². The van der Waals surface area contributed by atoms with Crippen LogP contribution in [0.2, 0.25) is 0 Å². The van der Waals surface area contributed by atoms with E-state index in [1.807, 2.05) is 6.92 Å². The minimum absolute atomic E-state index is 0.219. The van der Waals surface area contributed by atoms with E-state index in [1.165, 1.54) is 0 Å². The average Bonchev–Trinajstić information content (AvgIpc) is 2.26. The molecular formula is C14H24O2. The first-order valence-electron chi connectivity index (χ1n) is 6.27. The SMILES string of the molecule is C=C(O)CCC1CC(C(O)CC)C=CC1C. The Kier molecular flexibility index (Phi) is 5.07. The molecule has 0 aromatic heterocycles. The third-order valence-electron chi connectivity index (χ3n) is 3.70. The molecule has 0 spiro atoms. The summed E-state index contributed by atoms with van der Waals surface area (Å²) in [5.41, 5.74) is 0. The number of allylic oxidation sites excluding steroid dienone is 2. The van der Waals surface area contributed by atoms with Gasteiger partial charge >= 0.3 is 0 Å². The third-order valence-corrected chi connectivity index (χ3v) is 3.70. The summed E-state index contributed by atoms with van der Waals surface area (Å²) >= 11 is 0. The Labute approximate surface area is 98.7 Å². The molecule has 92 valence electrons. The largest absolute Gasteiger partial charge is 0.513 e. The van der Waals surface area contributed by atoms with E-state index in [2.05, 4.69) is 25.7 Å². The molecule has 2 N–H and O–H groups in total. The Balaban J connectivity index is 2.52. The predicted octanol–water partition coefficient (Wildman–Crippen LogP) is 3.44. The lowest BCUT2D eigenvalue weighted by Crippen LogP contribution is -2.26. The van der Waals surface area contributed by atoms with E-state index < -0.39 is 0 Å². The topological polar surface area (TPSA) is 40.5 Å². The summed E-state index contributed by atoms with van der Waals surface area (Å²) in [6.45, 7) is 7.74. The van der Waals surface area contributed by atoms with Gasteiger partial charge in [0, 0.05) is 12.3 Å². The number of aliphatic hydroxyl groups is 2. The van der Waals surface area contributed by atoms with Crippen molar-refractivity contribution in [3.05, 3.63) is 24.5 Å². The van der Waals surface area contributed by atoms with E-state index in [0.29, 0.717) is 18.3 Å². The maximum absolute atomic E-state index is 9.85. The second-order valence-corrected chi connectivity index (χ2v) is 4.98. The molecule has 4 atom stereocenters. The molecule has 0 amide bonds. The lowest BCUT2D eigenvalue weighted by molar-refractivity contribution is 0.100. The summed E-state index contributed by atoms with van der Waals surface area (Å²) in [5, 5.41) is 19.0. The minimum Gasteiger partial charge on any atom is -0.513 e. The van der Waals surface area contributed by atoms with Crippen molar-refractivity contribution in [1.82, 2.24) is 0 Å². The molecule has 0 bridgehead atoms. The Hall–Kier alpha value is -0.760. The molecule has 2 heteroatoms. The molecule has 0 aliphatic heterocycles. The Morgan fingerprint density at radius 2 is 2.19 bits per heavy atom. The van der Waals surface area contributed by atoms with Crippen molar-refractivity contribution in [3.63, 3.8) is 0 Å². The Bertz CT molecular complexity index is 257. The molecule has 2 nitrogen and oxygen atoms in total. The normalized spacial score (nSPS) is 31.3. The van der Waals surface area contributed by atoms with Crippen LogP contribution in [0.1, 0.15) is 39.5 Å². The van der Waals surface area contributed by atoms with Gasteiger partial charge in [0.25, 0.3) is 0 Å². The highest BCUT2D eigenvalue weighted by molar-refractivity contribution is 5.02. The lowest BCUT2D eigenvalue weighted by atomic mass is 9.75. The monoisotopic (exact) mass is 224 g/mol. The van der Waals surface area contributed by atoms with Gasteiger partial charge in [0.1, 0.15) is 0 Å². The molecule has 0 aromatic carbocycles. The molecule has 16 heavy (non-hydrogen) atoms. The summed E-state index contributed by atoms with van der Waals surface area (Å²) in [5.74, 6) is 1.66. The fourth-order valence-corrected chi connectivity index (χ4v) is 2.44. The molecule has 1 aliphatic rings. The van der Waals surface area contributed by atoms with E-state index in [1.54, 1.807) is 0 Å². The highest BCUT2D eigenvalue weighted by Crippen LogP contribution is 2.34. The van der Waals surface area contributed by atoms with Crippen molar-refractivity contribution >= 4 is 0 Å². The van der Waals surface area contributed by atoms with Crippen LogP contribution in [-0.2, 0) is 0 Å². The van der Waals surface area contributed by atoms with Crippen molar-refractivity contribution in [2.75, 3.05) is 0 Å². The second kappa shape index (κ2) is 6.09. The van der Waals surface area contributed by atoms with Crippen molar-refractivity contribution in [2.24, 2.45) is 17.8 Å². The fourth-order valence-electron chi connectivity index (χ4n) is 2.44. The van der Waals surface area contributed by atoms with Crippen LogP contribution < -0.4 is 0 Å². The summed E-state index contributed by atoms with van der Waals surface area (Å²) in [7, 11) is 0. The number of aliphatic hydroxyl groups excluding tert-OH is 2. The average molecular weight is 224 g/mol. The van der Waals surface area contributed by atoms with Crippen LogP contribution in [0.5, 0.6) is 0 Å². The molecule has 1 aliphatic carbocycles. The second-order valence-electron chi connectivity index (χ2n) is 4.98. The summed E-state index contributed by atoms with van der Waals surface area (Å²) < 4.78 is 0. The van der Waals surface area contributed by atoms with Crippen molar-refractivity contribution in [2.45, 2.75) is 45.6 Å². The van der Waals surface area contributed by atoms with E-state index in [4.69, 9.17) is 5.11 Å². The molecule has 0 saturated heterocycles. The number of hydrogen-bond donors (Lipinski definition) is 2. The van der Waals surface area contributed by atoms with E-state index in [-0.39, 0.29) is 17.8 Å².